The van der Waals surface area contributed by atoms with E-state index in [0.29, 0.717) is 0 Å². The molecule has 4 heteroatoms. The number of aromatic amines is 1. The summed E-state index contributed by atoms with van der Waals surface area (Å²) in [6.45, 7) is 2.28. The molecule has 106 valence electrons. The molecule has 1 aliphatic heterocycles. The zero-order valence-electron chi connectivity index (χ0n) is 11.9. The lowest BCUT2D eigenvalue weighted by atomic mass is 10.1. The lowest BCUT2D eigenvalue weighted by Crippen LogP contribution is -2.29. The number of aromatic nitrogens is 3. The molecule has 3 aromatic heterocycles. The Morgan fingerprint density at radius 2 is 1.86 bits per heavy atom. The number of hydrogen-bond acceptors (Lipinski definition) is 3. The van der Waals surface area contributed by atoms with Gasteiger partial charge in [0.15, 0.2) is 0 Å². The van der Waals surface area contributed by atoms with Crippen LogP contribution in [0, 0.1) is 0 Å². The third-order valence-corrected chi connectivity index (χ3v) is 4.23. The molecule has 0 aromatic carbocycles. The van der Waals surface area contributed by atoms with Crippen LogP contribution in [0.4, 0.5) is 5.69 Å². The van der Waals surface area contributed by atoms with Crippen molar-refractivity contribution in [2.45, 2.75) is 19.3 Å². The largest absolute Gasteiger partial charge is 0.370 e. The summed E-state index contributed by atoms with van der Waals surface area (Å²) in [4.78, 5) is 14.4. The molecule has 0 unspecified atom stereocenters. The highest BCUT2D eigenvalue weighted by atomic mass is 15.1. The van der Waals surface area contributed by atoms with Crippen LogP contribution in [-0.4, -0.2) is 28.0 Å². The quantitative estimate of drug-likeness (QED) is 0.778. The van der Waals surface area contributed by atoms with Crippen molar-refractivity contribution in [2.24, 2.45) is 0 Å². The minimum absolute atomic E-state index is 0.947. The summed E-state index contributed by atoms with van der Waals surface area (Å²) in [5.74, 6) is 0. The molecule has 1 N–H and O–H groups in total. The molecule has 4 rings (SSSR count). The van der Waals surface area contributed by atoms with Crippen molar-refractivity contribution in [1.29, 1.82) is 0 Å². The number of H-pyrrole nitrogens is 1. The molecule has 1 fully saturated rings. The number of piperidine rings is 1. The van der Waals surface area contributed by atoms with Gasteiger partial charge in [0.25, 0.3) is 0 Å². The smallest absolute Gasteiger partial charge is 0.138 e. The van der Waals surface area contributed by atoms with E-state index in [1.54, 1.807) is 0 Å². The number of fused-ring (bicyclic) bond motifs is 1. The van der Waals surface area contributed by atoms with Crippen molar-refractivity contribution in [1.82, 2.24) is 15.0 Å². The molecule has 0 amide bonds. The Morgan fingerprint density at radius 3 is 2.67 bits per heavy atom. The first-order chi connectivity index (χ1) is 10.4. The molecule has 0 radical (unpaired) electrons. The lowest BCUT2D eigenvalue weighted by Gasteiger charge is -2.28. The van der Waals surface area contributed by atoms with Crippen molar-refractivity contribution in [3.8, 4) is 11.1 Å². The van der Waals surface area contributed by atoms with Crippen LogP contribution < -0.4 is 4.90 Å². The van der Waals surface area contributed by atoms with Crippen LogP contribution in [0.15, 0.2) is 43.0 Å². The normalized spacial score (nSPS) is 15.5. The molecule has 3 aromatic rings. The van der Waals surface area contributed by atoms with Gasteiger partial charge in [0.2, 0.25) is 0 Å². The minimum atomic E-state index is 0.947. The highest BCUT2D eigenvalue weighted by Crippen LogP contribution is 2.30. The first kappa shape index (κ1) is 12.4. The Balaban J connectivity index is 1.79. The highest BCUT2D eigenvalue weighted by molar-refractivity contribution is 5.95. The van der Waals surface area contributed by atoms with Gasteiger partial charge in [0.1, 0.15) is 5.65 Å². The van der Waals surface area contributed by atoms with Crippen LogP contribution >= 0.6 is 0 Å². The van der Waals surface area contributed by atoms with Crippen molar-refractivity contribution in [3.05, 3.63) is 43.0 Å². The van der Waals surface area contributed by atoms with Crippen molar-refractivity contribution >= 4 is 16.7 Å². The Hall–Kier alpha value is -2.36. The second-order valence-electron chi connectivity index (χ2n) is 5.58. The van der Waals surface area contributed by atoms with E-state index in [9.17, 15) is 0 Å². The number of hydrogen-bond donors (Lipinski definition) is 1. The van der Waals surface area contributed by atoms with Gasteiger partial charge in [-0.25, -0.2) is 4.98 Å². The van der Waals surface area contributed by atoms with Gasteiger partial charge >= 0.3 is 0 Å². The van der Waals surface area contributed by atoms with Gasteiger partial charge in [0, 0.05) is 42.6 Å². The summed E-state index contributed by atoms with van der Waals surface area (Å²) in [7, 11) is 0. The number of rotatable bonds is 2. The zero-order chi connectivity index (χ0) is 14.1. The van der Waals surface area contributed by atoms with Gasteiger partial charge in [-0.3, -0.25) is 4.98 Å². The first-order valence-electron chi connectivity index (χ1n) is 7.54. The van der Waals surface area contributed by atoms with Gasteiger partial charge in [0.05, 0.1) is 11.9 Å². The third-order valence-electron chi connectivity index (χ3n) is 4.23. The Labute approximate surface area is 123 Å². The fourth-order valence-electron chi connectivity index (χ4n) is 3.09. The third kappa shape index (κ3) is 2.27. The monoisotopic (exact) mass is 278 g/mol. The van der Waals surface area contributed by atoms with Gasteiger partial charge in [-0.05, 0) is 43.0 Å². The summed E-state index contributed by atoms with van der Waals surface area (Å²) in [6, 6.07) is 6.34. The van der Waals surface area contributed by atoms with E-state index in [1.165, 1.54) is 41.5 Å². The van der Waals surface area contributed by atoms with Gasteiger partial charge in [-0.15, -0.1) is 0 Å². The summed E-state index contributed by atoms with van der Waals surface area (Å²) in [5.41, 5.74) is 4.55. The molecule has 1 aliphatic rings. The average Bonchev–Trinajstić information content (AvgIpc) is 2.99. The topological polar surface area (TPSA) is 44.8 Å². The molecule has 21 heavy (non-hydrogen) atoms. The second kappa shape index (κ2) is 5.20. The fourth-order valence-corrected chi connectivity index (χ4v) is 3.09. The van der Waals surface area contributed by atoms with E-state index in [4.69, 9.17) is 0 Å². The maximum atomic E-state index is 4.59. The molecule has 0 atom stereocenters. The molecule has 0 spiro atoms. The van der Waals surface area contributed by atoms with E-state index in [2.05, 4.69) is 25.9 Å². The maximum Gasteiger partial charge on any atom is 0.138 e. The van der Waals surface area contributed by atoms with Crippen LogP contribution in [0.1, 0.15) is 19.3 Å². The number of anilines is 1. The molecule has 4 nitrogen and oxygen atoms in total. The van der Waals surface area contributed by atoms with E-state index < -0.39 is 0 Å². The van der Waals surface area contributed by atoms with E-state index in [1.807, 2.05) is 36.9 Å². The zero-order valence-corrected chi connectivity index (χ0v) is 11.9. The van der Waals surface area contributed by atoms with Crippen LogP contribution in [0.2, 0.25) is 0 Å². The molecular formula is C17H18N4. The van der Waals surface area contributed by atoms with Crippen LogP contribution in [-0.2, 0) is 0 Å². The summed E-state index contributed by atoms with van der Waals surface area (Å²) < 4.78 is 0. The molecule has 4 heterocycles. The second-order valence-corrected chi connectivity index (χ2v) is 5.58. The lowest BCUT2D eigenvalue weighted by molar-refractivity contribution is 0.577. The molecule has 0 aliphatic carbocycles. The van der Waals surface area contributed by atoms with Gasteiger partial charge in [-0.1, -0.05) is 0 Å². The molecular weight excluding hydrogens is 260 g/mol. The summed E-state index contributed by atoms with van der Waals surface area (Å²) in [5, 5.41) is 1.18. The number of pyridine rings is 2. The molecule has 1 saturated heterocycles. The van der Waals surface area contributed by atoms with Gasteiger partial charge < -0.3 is 9.88 Å². The average molecular weight is 278 g/mol. The van der Waals surface area contributed by atoms with Crippen LogP contribution in [0.3, 0.4) is 0 Å². The summed E-state index contributed by atoms with van der Waals surface area (Å²) >= 11 is 0. The Bertz CT molecular complexity index is 742. The number of nitrogens with one attached hydrogen (secondary N) is 1. The Kier molecular flexibility index (Phi) is 3.07. The first-order valence-corrected chi connectivity index (χ1v) is 7.54. The minimum Gasteiger partial charge on any atom is -0.370 e. The van der Waals surface area contributed by atoms with Crippen molar-refractivity contribution in [2.75, 3.05) is 18.0 Å². The summed E-state index contributed by atoms with van der Waals surface area (Å²) in [6.07, 6.45) is 11.6. The van der Waals surface area contributed by atoms with E-state index in [-0.39, 0.29) is 0 Å². The predicted molar refractivity (Wildman–Crippen MR) is 85.4 cm³/mol. The fraction of sp³-hybridized carbons (Fsp3) is 0.294. The number of nitrogens with zero attached hydrogens (tertiary/aromatic N) is 3. The van der Waals surface area contributed by atoms with Gasteiger partial charge in [-0.2, -0.15) is 0 Å². The van der Waals surface area contributed by atoms with E-state index >= 15 is 0 Å². The SMILES string of the molecule is c1cc(-c2c[nH]c3ncc(N4CCCCC4)cc23)ccn1. The van der Waals surface area contributed by atoms with Crippen molar-refractivity contribution < 1.29 is 0 Å². The van der Waals surface area contributed by atoms with E-state index in [0.717, 1.165) is 18.7 Å². The molecule has 0 saturated carbocycles. The van der Waals surface area contributed by atoms with Crippen LogP contribution in [0.25, 0.3) is 22.2 Å². The molecule has 0 bridgehead atoms. The van der Waals surface area contributed by atoms with Crippen LogP contribution in [0.5, 0.6) is 0 Å². The Morgan fingerprint density at radius 1 is 1.05 bits per heavy atom. The maximum absolute atomic E-state index is 4.59. The predicted octanol–water partition coefficient (Wildman–Crippen LogP) is 3.62. The highest BCUT2D eigenvalue weighted by Gasteiger charge is 2.14. The standard InChI is InChI=1S/C17H18N4/c1-2-8-21(9-3-1)14-10-15-16(12-20-17(15)19-11-14)13-4-6-18-7-5-13/h4-7,10-12H,1-3,8-9H2,(H,19,20). The van der Waals surface area contributed by atoms with Crippen molar-refractivity contribution in [3.63, 3.8) is 0 Å².